The summed E-state index contributed by atoms with van der Waals surface area (Å²) in [6, 6.07) is 4.50. The van der Waals surface area contributed by atoms with E-state index >= 15 is 0 Å². The Bertz CT molecular complexity index is 474. The van der Waals surface area contributed by atoms with Crippen LogP contribution in [0.5, 0.6) is 5.75 Å². The average Bonchev–Trinajstić information content (AvgIpc) is 2.28. The van der Waals surface area contributed by atoms with Crippen LogP contribution in [0.3, 0.4) is 0 Å². The van der Waals surface area contributed by atoms with Crippen LogP contribution in [0.25, 0.3) is 0 Å². The fourth-order valence-electron chi connectivity index (χ4n) is 1.47. The predicted molar refractivity (Wildman–Crippen MR) is 76.2 cm³/mol. The molecule has 0 unspecified atom stereocenters. The minimum atomic E-state index is -0.563. The lowest BCUT2D eigenvalue weighted by molar-refractivity contribution is -0.119. The first-order chi connectivity index (χ1) is 8.32. The SMILES string of the molecule is CC(C)N(CC(N)=O)C(=O)c1ccc(I)c(O)c1. The Morgan fingerprint density at radius 3 is 2.50 bits per heavy atom. The van der Waals surface area contributed by atoms with Gasteiger partial charge in [-0.25, -0.2) is 0 Å². The highest BCUT2D eigenvalue weighted by Gasteiger charge is 2.21. The molecule has 0 bridgehead atoms. The van der Waals surface area contributed by atoms with Gasteiger partial charge in [-0.2, -0.15) is 0 Å². The van der Waals surface area contributed by atoms with E-state index in [0.717, 1.165) is 0 Å². The zero-order chi connectivity index (χ0) is 13.9. The Balaban J connectivity index is 3.02. The number of hydrogen-bond donors (Lipinski definition) is 2. The molecule has 0 spiro atoms. The highest BCUT2D eigenvalue weighted by molar-refractivity contribution is 14.1. The van der Waals surface area contributed by atoms with E-state index in [1.165, 1.54) is 11.0 Å². The summed E-state index contributed by atoms with van der Waals surface area (Å²) in [4.78, 5) is 24.5. The molecule has 0 saturated heterocycles. The van der Waals surface area contributed by atoms with Gasteiger partial charge in [0.25, 0.3) is 5.91 Å². The number of carbonyl (C=O) groups excluding carboxylic acids is 2. The lowest BCUT2D eigenvalue weighted by Gasteiger charge is -2.25. The number of phenols is 1. The van der Waals surface area contributed by atoms with E-state index in [-0.39, 0.29) is 24.2 Å². The summed E-state index contributed by atoms with van der Waals surface area (Å²) >= 11 is 1.97. The van der Waals surface area contributed by atoms with E-state index in [1.807, 2.05) is 22.6 Å². The first-order valence-corrected chi connectivity index (χ1v) is 6.48. The molecule has 0 aliphatic carbocycles. The maximum Gasteiger partial charge on any atom is 0.254 e. The molecular formula is C12H15IN2O3. The highest BCUT2D eigenvalue weighted by Crippen LogP contribution is 2.21. The Labute approximate surface area is 119 Å². The summed E-state index contributed by atoms with van der Waals surface area (Å²) in [6.45, 7) is 3.46. The molecule has 3 N–H and O–H groups in total. The van der Waals surface area contributed by atoms with E-state index in [0.29, 0.717) is 9.13 Å². The van der Waals surface area contributed by atoms with Crippen LogP contribution in [0.1, 0.15) is 24.2 Å². The van der Waals surface area contributed by atoms with Crippen LogP contribution in [0.2, 0.25) is 0 Å². The molecule has 2 amide bonds. The van der Waals surface area contributed by atoms with Gasteiger partial charge in [0.05, 0.1) is 10.1 Å². The van der Waals surface area contributed by atoms with Gasteiger partial charge < -0.3 is 15.7 Å². The quantitative estimate of drug-likeness (QED) is 0.793. The maximum atomic E-state index is 12.2. The number of halogens is 1. The normalized spacial score (nSPS) is 10.4. The molecule has 6 heteroatoms. The fraction of sp³-hybridized carbons (Fsp3) is 0.333. The minimum absolute atomic E-state index is 0.0456. The van der Waals surface area contributed by atoms with Crippen molar-refractivity contribution >= 4 is 34.4 Å². The molecule has 98 valence electrons. The van der Waals surface area contributed by atoms with Gasteiger partial charge in [-0.05, 0) is 54.6 Å². The summed E-state index contributed by atoms with van der Waals surface area (Å²) in [5, 5.41) is 9.58. The summed E-state index contributed by atoms with van der Waals surface area (Å²) in [6.07, 6.45) is 0. The van der Waals surface area contributed by atoms with Crippen LogP contribution in [-0.2, 0) is 4.79 Å². The van der Waals surface area contributed by atoms with Crippen molar-refractivity contribution in [2.75, 3.05) is 6.54 Å². The molecule has 0 heterocycles. The van der Waals surface area contributed by atoms with Crippen molar-refractivity contribution < 1.29 is 14.7 Å². The number of aromatic hydroxyl groups is 1. The molecule has 1 aromatic rings. The molecule has 0 aromatic heterocycles. The first-order valence-electron chi connectivity index (χ1n) is 5.40. The Morgan fingerprint density at radius 2 is 2.06 bits per heavy atom. The predicted octanol–water partition coefficient (Wildman–Crippen LogP) is 1.33. The van der Waals surface area contributed by atoms with Crippen molar-refractivity contribution in [3.63, 3.8) is 0 Å². The number of benzene rings is 1. The zero-order valence-electron chi connectivity index (χ0n) is 10.2. The van der Waals surface area contributed by atoms with E-state index < -0.39 is 5.91 Å². The van der Waals surface area contributed by atoms with Crippen LogP contribution in [0.4, 0.5) is 0 Å². The van der Waals surface area contributed by atoms with Crippen molar-refractivity contribution in [2.24, 2.45) is 5.73 Å². The van der Waals surface area contributed by atoms with E-state index in [2.05, 4.69) is 0 Å². The smallest absolute Gasteiger partial charge is 0.254 e. The van der Waals surface area contributed by atoms with Crippen LogP contribution in [-0.4, -0.2) is 34.4 Å². The summed E-state index contributed by atoms with van der Waals surface area (Å²) in [7, 11) is 0. The third-order valence-corrected chi connectivity index (χ3v) is 3.32. The van der Waals surface area contributed by atoms with Crippen LogP contribution >= 0.6 is 22.6 Å². The molecule has 0 aliphatic heterocycles. The molecule has 5 nitrogen and oxygen atoms in total. The van der Waals surface area contributed by atoms with Gasteiger partial charge >= 0.3 is 0 Å². The van der Waals surface area contributed by atoms with Gasteiger partial charge in [-0.1, -0.05) is 0 Å². The third-order valence-electron chi connectivity index (χ3n) is 2.40. The Kier molecular flexibility index (Phi) is 4.94. The first kappa shape index (κ1) is 14.7. The number of phenolic OH excluding ortho intramolecular Hbond substituents is 1. The van der Waals surface area contributed by atoms with Gasteiger partial charge in [-0.15, -0.1) is 0 Å². The van der Waals surface area contributed by atoms with E-state index in [9.17, 15) is 14.7 Å². The van der Waals surface area contributed by atoms with Crippen molar-refractivity contribution in [1.29, 1.82) is 0 Å². The molecule has 18 heavy (non-hydrogen) atoms. The van der Waals surface area contributed by atoms with Crippen LogP contribution in [0.15, 0.2) is 18.2 Å². The number of nitrogens with two attached hydrogens (primary N) is 1. The molecule has 0 radical (unpaired) electrons. The molecular weight excluding hydrogens is 347 g/mol. The van der Waals surface area contributed by atoms with Gasteiger partial charge in [0, 0.05) is 11.6 Å². The number of nitrogens with zero attached hydrogens (tertiary/aromatic N) is 1. The highest BCUT2D eigenvalue weighted by atomic mass is 127. The van der Waals surface area contributed by atoms with Crippen LogP contribution < -0.4 is 5.73 Å². The molecule has 0 fully saturated rings. The largest absolute Gasteiger partial charge is 0.507 e. The summed E-state index contributed by atoms with van der Waals surface area (Å²) < 4.78 is 0.662. The monoisotopic (exact) mass is 362 g/mol. The second kappa shape index (κ2) is 6.03. The number of primary amides is 1. The molecule has 0 aliphatic rings. The summed E-state index contributed by atoms with van der Waals surface area (Å²) in [5.41, 5.74) is 5.45. The Morgan fingerprint density at radius 1 is 1.44 bits per heavy atom. The molecule has 0 atom stereocenters. The maximum absolute atomic E-state index is 12.2. The number of rotatable bonds is 4. The molecule has 1 rings (SSSR count). The topological polar surface area (TPSA) is 83.6 Å². The van der Waals surface area contributed by atoms with Gasteiger partial charge in [0.15, 0.2) is 0 Å². The van der Waals surface area contributed by atoms with E-state index in [4.69, 9.17) is 5.73 Å². The second-order valence-corrected chi connectivity index (χ2v) is 5.32. The standard InChI is InChI=1S/C12H15IN2O3/c1-7(2)15(6-11(14)17)12(18)8-3-4-9(13)10(16)5-8/h3-5,7,16H,6H2,1-2H3,(H2,14,17). The van der Waals surface area contributed by atoms with Crippen molar-refractivity contribution in [3.05, 3.63) is 27.3 Å². The van der Waals surface area contributed by atoms with Crippen molar-refractivity contribution in [3.8, 4) is 5.75 Å². The summed E-state index contributed by atoms with van der Waals surface area (Å²) in [5.74, 6) is -0.841. The number of amides is 2. The fourth-order valence-corrected chi connectivity index (χ4v) is 1.80. The second-order valence-electron chi connectivity index (χ2n) is 4.16. The molecule has 0 saturated carbocycles. The van der Waals surface area contributed by atoms with Gasteiger partial charge in [-0.3, -0.25) is 9.59 Å². The number of hydrogen-bond acceptors (Lipinski definition) is 3. The lowest BCUT2D eigenvalue weighted by atomic mass is 10.1. The minimum Gasteiger partial charge on any atom is -0.507 e. The third kappa shape index (κ3) is 3.59. The zero-order valence-corrected chi connectivity index (χ0v) is 12.3. The Hall–Kier alpha value is -1.31. The number of carbonyl (C=O) groups is 2. The van der Waals surface area contributed by atoms with Gasteiger partial charge in [0.2, 0.25) is 5.91 Å². The molecule has 1 aromatic carbocycles. The average molecular weight is 362 g/mol. The van der Waals surface area contributed by atoms with Crippen molar-refractivity contribution in [1.82, 2.24) is 4.90 Å². The van der Waals surface area contributed by atoms with Crippen LogP contribution in [0, 0.1) is 3.57 Å². The van der Waals surface area contributed by atoms with Gasteiger partial charge in [0.1, 0.15) is 5.75 Å². The van der Waals surface area contributed by atoms with Crippen molar-refractivity contribution in [2.45, 2.75) is 19.9 Å². The van der Waals surface area contributed by atoms with E-state index in [1.54, 1.807) is 26.0 Å². The lowest BCUT2D eigenvalue weighted by Crippen LogP contribution is -2.42.